The van der Waals surface area contributed by atoms with Crippen LogP contribution in [-0.2, 0) is 17.9 Å². The Hall–Kier alpha value is -2.17. The topological polar surface area (TPSA) is 35.6 Å². The predicted octanol–water partition coefficient (Wildman–Crippen LogP) is 2.41. The van der Waals surface area contributed by atoms with Gasteiger partial charge in [-0.2, -0.15) is 0 Å². The number of carbonyl (C=O) groups is 1. The minimum absolute atomic E-state index is 0.156. The first-order valence-corrected chi connectivity index (χ1v) is 9.56. The van der Waals surface area contributed by atoms with Crippen LogP contribution in [0.15, 0.2) is 60.7 Å². The van der Waals surface area contributed by atoms with Crippen LogP contribution in [-0.4, -0.2) is 46.4 Å². The van der Waals surface area contributed by atoms with E-state index in [9.17, 15) is 4.79 Å². The molecule has 3 aliphatic rings. The first-order valence-electron chi connectivity index (χ1n) is 9.56. The molecule has 0 aromatic heterocycles. The van der Waals surface area contributed by atoms with Crippen LogP contribution in [0.25, 0.3) is 0 Å². The lowest BCUT2D eigenvalue weighted by Crippen LogP contribution is -2.77. The highest BCUT2D eigenvalue weighted by Crippen LogP contribution is 2.43. The molecule has 1 atom stereocenters. The number of nitrogens with one attached hydrogen (secondary N) is 1. The third-order valence-corrected chi connectivity index (χ3v) is 6.21. The van der Waals surface area contributed by atoms with Crippen molar-refractivity contribution in [2.75, 3.05) is 19.6 Å². The summed E-state index contributed by atoms with van der Waals surface area (Å²) >= 11 is 0. The summed E-state index contributed by atoms with van der Waals surface area (Å²) in [4.78, 5) is 17.3. The molecule has 2 spiro atoms. The van der Waals surface area contributed by atoms with Gasteiger partial charge in [0, 0.05) is 38.3 Å². The fourth-order valence-electron chi connectivity index (χ4n) is 4.97. The Balaban J connectivity index is 1.17. The molecule has 3 aliphatic heterocycles. The molecule has 1 amide bonds. The summed E-state index contributed by atoms with van der Waals surface area (Å²) in [5.74, 6) is 0.291. The zero-order valence-corrected chi connectivity index (χ0v) is 15.0. The van der Waals surface area contributed by atoms with Crippen LogP contribution in [0, 0.1) is 0 Å². The van der Waals surface area contributed by atoms with Gasteiger partial charge >= 0.3 is 0 Å². The van der Waals surface area contributed by atoms with Gasteiger partial charge in [-0.3, -0.25) is 15.0 Å². The van der Waals surface area contributed by atoms with Crippen LogP contribution in [0.3, 0.4) is 0 Å². The number of hydrogen-bond acceptors (Lipinski definition) is 3. The summed E-state index contributed by atoms with van der Waals surface area (Å²) in [5.41, 5.74) is 2.45. The first kappa shape index (κ1) is 16.0. The minimum Gasteiger partial charge on any atom is -0.334 e. The van der Waals surface area contributed by atoms with Gasteiger partial charge in [0.15, 0.2) is 0 Å². The van der Waals surface area contributed by atoms with Gasteiger partial charge in [0.1, 0.15) is 5.54 Å². The molecule has 0 radical (unpaired) electrons. The van der Waals surface area contributed by atoms with Crippen LogP contribution < -0.4 is 5.32 Å². The number of nitrogens with zero attached hydrogens (tertiary/aromatic N) is 2. The van der Waals surface area contributed by atoms with Crippen LogP contribution in [0.5, 0.6) is 0 Å². The summed E-state index contributed by atoms with van der Waals surface area (Å²) in [6.45, 7) is 4.69. The average Bonchev–Trinajstić information content (AvgIpc) is 3.05. The van der Waals surface area contributed by atoms with Crippen molar-refractivity contribution in [1.82, 2.24) is 15.1 Å². The Morgan fingerprint density at radius 1 is 0.808 bits per heavy atom. The summed E-state index contributed by atoms with van der Waals surface area (Å²) < 4.78 is 0. The number of hydrogen-bond donors (Lipinski definition) is 1. The van der Waals surface area contributed by atoms with Crippen LogP contribution in [0.2, 0.25) is 0 Å². The maximum atomic E-state index is 12.8. The lowest BCUT2D eigenvalue weighted by Gasteiger charge is -2.53. The normalized spacial score (nSPS) is 26.9. The third kappa shape index (κ3) is 2.65. The van der Waals surface area contributed by atoms with Crippen molar-refractivity contribution in [3.63, 3.8) is 0 Å². The number of amides is 1. The molecule has 5 rings (SSSR count). The number of carbonyl (C=O) groups excluding carboxylic acids is 1. The van der Waals surface area contributed by atoms with Crippen molar-refractivity contribution in [2.24, 2.45) is 0 Å². The molecule has 4 nitrogen and oxygen atoms in total. The summed E-state index contributed by atoms with van der Waals surface area (Å²) in [5, 5.41) is 3.77. The predicted molar refractivity (Wildman–Crippen MR) is 101 cm³/mol. The molecule has 26 heavy (non-hydrogen) atoms. The van der Waals surface area contributed by atoms with Gasteiger partial charge < -0.3 is 4.90 Å². The van der Waals surface area contributed by atoms with Gasteiger partial charge in [-0.15, -0.1) is 0 Å². The molecule has 1 N–H and O–H groups in total. The smallest absolute Gasteiger partial charge is 0.245 e. The van der Waals surface area contributed by atoms with E-state index in [-0.39, 0.29) is 11.1 Å². The lowest BCUT2D eigenvalue weighted by atomic mass is 9.86. The fraction of sp³-hybridized carbons (Fsp3) is 0.409. The van der Waals surface area contributed by atoms with E-state index in [0.717, 1.165) is 45.6 Å². The van der Waals surface area contributed by atoms with E-state index in [2.05, 4.69) is 52.7 Å². The Bertz CT molecular complexity index is 801. The second-order valence-electron chi connectivity index (χ2n) is 8.27. The first-order chi connectivity index (χ1) is 12.7. The largest absolute Gasteiger partial charge is 0.334 e. The van der Waals surface area contributed by atoms with Gasteiger partial charge in [-0.25, -0.2) is 0 Å². The summed E-state index contributed by atoms with van der Waals surface area (Å²) in [7, 11) is 0. The standard InChI is InChI=1S/C22H25N3O/c26-20-22(17-25(20)14-19-9-5-2-6-10-19)12-11-21(23-22)15-24(16-21)13-18-7-3-1-4-8-18/h1-10,23H,11-17H2. The zero-order chi connectivity index (χ0) is 17.6. The molecular weight excluding hydrogens is 322 g/mol. The molecule has 0 saturated carbocycles. The van der Waals surface area contributed by atoms with E-state index in [1.807, 2.05) is 23.1 Å². The monoisotopic (exact) mass is 347 g/mol. The van der Waals surface area contributed by atoms with Crippen molar-refractivity contribution in [3.05, 3.63) is 71.8 Å². The van der Waals surface area contributed by atoms with Crippen LogP contribution >= 0.6 is 0 Å². The molecular formula is C22H25N3O. The maximum absolute atomic E-state index is 12.8. The maximum Gasteiger partial charge on any atom is 0.245 e. The molecule has 3 heterocycles. The average molecular weight is 347 g/mol. The SMILES string of the molecule is O=C1N(Cc2ccccc2)CC12CCC1(CN(Cc3ccccc3)C1)N2. The number of benzene rings is 2. The number of likely N-dealkylation sites (tertiary alicyclic amines) is 2. The third-order valence-electron chi connectivity index (χ3n) is 6.21. The van der Waals surface area contributed by atoms with E-state index in [1.54, 1.807) is 0 Å². The molecule has 2 aromatic rings. The molecule has 2 aromatic carbocycles. The zero-order valence-electron chi connectivity index (χ0n) is 15.0. The molecule has 3 saturated heterocycles. The van der Waals surface area contributed by atoms with E-state index in [1.165, 1.54) is 11.1 Å². The Kier molecular flexibility index (Phi) is 3.66. The molecule has 1 unspecified atom stereocenters. The fourth-order valence-corrected chi connectivity index (χ4v) is 4.97. The van der Waals surface area contributed by atoms with Gasteiger partial charge in [0.05, 0.1) is 0 Å². The van der Waals surface area contributed by atoms with E-state index in [0.29, 0.717) is 5.91 Å². The Morgan fingerprint density at radius 2 is 1.42 bits per heavy atom. The van der Waals surface area contributed by atoms with E-state index >= 15 is 0 Å². The van der Waals surface area contributed by atoms with Crippen LogP contribution in [0.1, 0.15) is 24.0 Å². The van der Waals surface area contributed by atoms with Crippen molar-refractivity contribution in [1.29, 1.82) is 0 Å². The summed E-state index contributed by atoms with van der Waals surface area (Å²) in [6, 6.07) is 20.9. The quantitative estimate of drug-likeness (QED) is 0.863. The molecule has 134 valence electrons. The highest BCUT2D eigenvalue weighted by Gasteiger charge is 2.62. The van der Waals surface area contributed by atoms with E-state index in [4.69, 9.17) is 0 Å². The second kappa shape index (κ2) is 5.93. The van der Waals surface area contributed by atoms with Gasteiger partial charge in [-0.1, -0.05) is 60.7 Å². The molecule has 4 heteroatoms. The number of β-lactam (4-membered cyclic amide) rings is 1. The minimum atomic E-state index is -0.284. The van der Waals surface area contributed by atoms with Crippen molar-refractivity contribution < 1.29 is 4.79 Å². The summed E-state index contributed by atoms with van der Waals surface area (Å²) in [6.07, 6.45) is 2.10. The Morgan fingerprint density at radius 3 is 2.04 bits per heavy atom. The van der Waals surface area contributed by atoms with Gasteiger partial charge in [0.25, 0.3) is 0 Å². The highest BCUT2D eigenvalue weighted by molar-refractivity contribution is 5.93. The molecule has 0 aliphatic carbocycles. The van der Waals surface area contributed by atoms with Crippen molar-refractivity contribution >= 4 is 5.91 Å². The number of rotatable bonds is 4. The van der Waals surface area contributed by atoms with Crippen molar-refractivity contribution in [3.8, 4) is 0 Å². The highest BCUT2D eigenvalue weighted by atomic mass is 16.2. The molecule has 3 fully saturated rings. The Labute approximate surface area is 154 Å². The van der Waals surface area contributed by atoms with E-state index < -0.39 is 0 Å². The second-order valence-corrected chi connectivity index (χ2v) is 8.27. The van der Waals surface area contributed by atoms with Gasteiger partial charge in [-0.05, 0) is 24.0 Å². The van der Waals surface area contributed by atoms with Gasteiger partial charge in [0.2, 0.25) is 5.91 Å². The van der Waals surface area contributed by atoms with Crippen molar-refractivity contribution in [2.45, 2.75) is 37.0 Å². The molecule has 0 bridgehead atoms. The lowest BCUT2D eigenvalue weighted by molar-refractivity contribution is -0.154. The van der Waals surface area contributed by atoms with Crippen LogP contribution in [0.4, 0.5) is 0 Å².